The second-order valence-electron chi connectivity index (χ2n) is 12.7. The summed E-state index contributed by atoms with van der Waals surface area (Å²) in [5.41, 5.74) is -0.559. The maximum Gasteiger partial charge on any atom is 0.106 e. The van der Waals surface area contributed by atoms with Crippen LogP contribution in [0, 0.1) is 34.0 Å². The lowest BCUT2D eigenvalue weighted by Crippen LogP contribution is -2.69. The predicted molar refractivity (Wildman–Crippen MR) is 114 cm³/mol. The van der Waals surface area contributed by atoms with Crippen LogP contribution in [-0.4, -0.2) is 45.3 Å². The average Bonchev–Trinajstić information content (AvgIpc) is 2.58. The molecule has 1 heterocycles. The molecule has 1 unspecified atom stereocenters. The van der Waals surface area contributed by atoms with E-state index in [0.717, 1.165) is 32.1 Å². The fourth-order valence-electron chi connectivity index (χ4n) is 9.49. The SMILES string of the molecule is CC1(C)CCC[C@]2(C)[C@H]3CC[C@]4(C)O[C@](C)(C(O)CO)CC[C@H]4[C@]3(C)C[C@H](O)[C@@H]12. The molecule has 0 bridgehead atoms. The number of hydrogen-bond donors (Lipinski definition) is 3. The van der Waals surface area contributed by atoms with Crippen molar-refractivity contribution >= 4 is 0 Å². The number of hydrogen-bond acceptors (Lipinski definition) is 4. The minimum atomic E-state index is -0.844. The van der Waals surface area contributed by atoms with Gasteiger partial charge < -0.3 is 20.1 Å². The van der Waals surface area contributed by atoms with Gasteiger partial charge in [0, 0.05) is 0 Å². The molecule has 4 aliphatic rings. The third-order valence-corrected chi connectivity index (χ3v) is 10.5. The van der Waals surface area contributed by atoms with Crippen molar-refractivity contribution in [2.75, 3.05) is 6.61 Å². The normalized spacial score (nSPS) is 55.3. The van der Waals surface area contributed by atoms with Gasteiger partial charge in [-0.15, -0.1) is 0 Å². The van der Waals surface area contributed by atoms with Crippen LogP contribution in [0.5, 0.6) is 0 Å². The van der Waals surface area contributed by atoms with E-state index in [9.17, 15) is 15.3 Å². The molecule has 3 aliphatic carbocycles. The van der Waals surface area contributed by atoms with Crippen LogP contribution < -0.4 is 0 Å². The van der Waals surface area contributed by atoms with Gasteiger partial charge in [0.15, 0.2) is 0 Å². The van der Waals surface area contributed by atoms with Crippen molar-refractivity contribution in [1.29, 1.82) is 0 Å². The molecule has 0 aromatic rings. The van der Waals surface area contributed by atoms with Crippen LogP contribution in [0.1, 0.15) is 92.9 Å². The van der Waals surface area contributed by atoms with E-state index in [1.807, 2.05) is 6.92 Å². The third-order valence-electron chi connectivity index (χ3n) is 10.5. The third kappa shape index (κ3) is 2.99. The maximum atomic E-state index is 11.5. The average molecular weight is 409 g/mol. The molecule has 0 aromatic heterocycles. The molecule has 0 spiro atoms. The lowest BCUT2D eigenvalue weighted by Gasteiger charge is -2.70. The number of ether oxygens (including phenoxy) is 1. The Morgan fingerprint density at radius 2 is 1.55 bits per heavy atom. The van der Waals surface area contributed by atoms with Gasteiger partial charge in [0.2, 0.25) is 0 Å². The Kier molecular flexibility index (Phi) is 5.07. The number of aliphatic hydroxyl groups excluding tert-OH is 3. The van der Waals surface area contributed by atoms with Gasteiger partial charge in [-0.25, -0.2) is 0 Å². The summed E-state index contributed by atoms with van der Waals surface area (Å²) in [5.74, 6) is 1.36. The molecule has 168 valence electrons. The smallest absolute Gasteiger partial charge is 0.106 e. The van der Waals surface area contributed by atoms with Gasteiger partial charge in [-0.1, -0.05) is 34.1 Å². The zero-order valence-electron chi connectivity index (χ0n) is 19.5. The van der Waals surface area contributed by atoms with E-state index in [1.54, 1.807) is 0 Å². The summed E-state index contributed by atoms with van der Waals surface area (Å²) in [5, 5.41) is 31.5. The second kappa shape index (κ2) is 6.67. The Morgan fingerprint density at radius 3 is 2.21 bits per heavy atom. The zero-order valence-corrected chi connectivity index (χ0v) is 19.5. The summed E-state index contributed by atoms with van der Waals surface area (Å²) in [7, 11) is 0. The summed E-state index contributed by atoms with van der Waals surface area (Å²) < 4.78 is 6.69. The molecule has 1 saturated heterocycles. The van der Waals surface area contributed by atoms with E-state index in [4.69, 9.17) is 4.74 Å². The topological polar surface area (TPSA) is 69.9 Å². The lowest BCUT2D eigenvalue weighted by molar-refractivity contribution is -0.306. The maximum absolute atomic E-state index is 11.5. The van der Waals surface area contributed by atoms with E-state index in [2.05, 4.69) is 34.6 Å². The van der Waals surface area contributed by atoms with E-state index >= 15 is 0 Å². The minimum absolute atomic E-state index is 0.0522. The van der Waals surface area contributed by atoms with E-state index in [1.165, 1.54) is 19.3 Å². The van der Waals surface area contributed by atoms with Gasteiger partial charge in [-0.3, -0.25) is 0 Å². The highest BCUT2D eigenvalue weighted by Gasteiger charge is 2.68. The summed E-state index contributed by atoms with van der Waals surface area (Å²) >= 11 is 0. The number of aliphatic hydroxyl groups is 3. The molecule has 0 aromatic carbocycles. The highest BCUT2D eigenvalue weighted by atomic mass is 16.5. The molecule has 0 radical (unpaired) electrons. The molecular formula is C25H44O4. The Bertz CT molecular complexity index is 649. The van der Waals surface area contributed by atoms with Gasteiger partial charge >= 0.3 is 0 Å². The molecule has 29 heavy (non-hydrogen) atoms. The minimum Gasteiger partial charge on any atom is -0.394 e. The molecule has 1 aliphatic heterocycles. The highest BCUT2D eigenvalue weighted by Crippen LogP contribution is 2.71. The highest BCUT2D eigenvalue weighted by molar-refractivity contribution is 5.17. The standard InChI is InChI=1S/C25H44O4/c1-21(2)10-7-11-22(3)17-8-12-24(5)18(23(17,4)14-16(27)20(21)22)9-13-25(6,29-24)19(28)15-26/h16-20,26-28H,7-15H2,1-6H3/t16-,17+,18-,19?,20-,22+,23+,24-,25-/m0/s1. The number of rotatable bonds is 2. The molecular weight excluding hydrogens is 364 g/mol. The first-order valence-electron chi connectivity index (χ1n) is 12.0. The van der Waals surface area contributed by atoms with Crippen LogP contribution in [-0.2, 0) is 4.74 Å². The Balaban J connectivity index is 1.69. The Hall–Kier alpha value is -0.160. The number of fused-ring (bicyclic) bond motifs is 5. The molecule has 3 N–H and O–H groups in total. The van der Waals surface area contributed by atoms with Crippen LogP contribution in [0.4, 0.5) is 0 Å². The van der Waals surface area contributed by atoms with Crippen molar-refractivity contribution in [3.05, 3.63) is 0 Å². The largest absolute Gasteiger partial charge is 0.394 e. The van der Waals surface area contributed by atoms with Gasteiger partial charge in [0.25, 0.3) is 0 Å². The summed E-state index contributed by atoms with van der Waals surface area (Å²) in [6, 6.07) is 0. The first-order valence-corrected chi connectivity index (χ1v) is 12.0. The van der Waals surface area contributed by atoms with Crippen molar-refractivity contribution in [2.24, 2.45) is 34.0 Å². The fourth-order valence-corrected chi connectivity index (χ4v) is 9.49. The van der Waals surface area contributed by atoms with Crippen molar-refractivity contribution < 1.29 is 20.1 Å². The zero-order chi connectivity index (χ0) is 21.5. The van der Waals surface area contributed by atoms with E-state index in [0.29, 0.717) is 17.8 Å². The van der Waals surface area contributed by atoms with Crippen molar-refractivity contribution in [2.45, 2.75) is 116 Å². The molecule has 0 amide bonds. The molecule has 4 heteroatoms. The summed E-state index contributed by atoms with van der Waals surface area (Å²) in [6.45, 7) is 13.6. The van der Waals surface area contributed by atoms with Crippen LogP contribution in [0.2, 0.25) is 0 Å². The van der Waals surface area contributed by atoms with E-state index < -0.39 is 11.7 Å². The first-order chi connectivity index (χ1) is 13.3. The Labute approximate surface area is 177 Å². The summed E-state index contributed by atoms with van der Waals surface area (Å²) in [6.07, 6.45) is 7.36. The second-order valence-corrected chi connectivity index (χ2v) is 12.7. The Morgan fingerprint density at radius 1 is 0.897 bits per heavy atom. The first kappa shape index (κ1) is 22.0. The molecule has 4 rings (SSSR count). The van der Waals surface area contributed by atoms with Crippen molar-refractivity contribution in [1.82, 2.24) is 0 Å². The van der Waals surface area contributed by atoms with Gasteiger partial charge in [0.1, 0.15) is 6.10 Å². The lowest BCUT2D eigenvalue weighted by atomic mass is 9.37. The molecule has 9 atom stereocenters. The van der Waals surface area contributed by atoms with Gasteiger partial charge in [-0.05, 0) is 92.8 Å². The molecule has 3 saturated carbocycles. The van der Waals surface area contributed by atoms with Crippen LogP contribution in [0.15, 0.2) is 0 Å². The quantitative estimate of drug-likeness (QED) is 0.637. The molecule has 4 fully saturated rings. The predicted octanol–water partition coefficient (Wildman–Crippen LogP) is 4.30. The fraction of sp³-hybridized carbons (Fsp3) is 1.00. The van der Waals surface area contributed by atoms with E-state index in [-0.39, 0.29) is 34.6 Å². The van der Waals surface area contributed by atoms with Gasteiger partial charge in [0.05, 0.1) is 23.9 Å². The van der Waals surface area contributed by atoms with Crippen molar-refractivity contribution in [3.8, 4) is 0 Å². The van der Waals surface area contributed by atoms with Crippen LogP contribution in [0.3, 0.4) is 0 Å². The monoisotopic (exact) mass is 408 g/mol. The molecule has 4 nitrogen and oxygen atoms in total. The summed E-state index contributed by atoms with van der Waals surface area (Å²) in [4.78, 5) is 0. The van der Waals surface area contributed by atoms with Crippen LogP contribution >= 0.6 is 0 Å². The van der Waals surface area contributed by atoms with Crippen molar-refractivity contribution in [3.63, 3.8) is 0 Å². The van der Waals surface area contributed by atoms with Crippen LogP contribution in [0.25, 0.3) is 0 Å². The van der Waals surface area contributed by atoms with Gasteiger partial charge in [-0.2, -0.15) is 0 Å².